The van der Waals surface area contributed by atoms with Gasteiger partial charge in [0.25, 0.3) is 11.8 Å². The van der Waals surface area contributed by atoms with E-state index in [0.717, 1.165) is 0 Å². The Morgan fingerprint density at radius 1 is 0.526 bits per heavy atom. The second kappa shape index (κ2) is 11.9. The van der Waals surface area contributed by atoms with Crippen molar-refractivity contribution < 1.29 is 26.4 Å². The van der Waals surface area contributed by atoms with E-state index >= 15 is 0 Å². The zero-order valence-corrected chi connectivity index (χ0v) is 23.0. The molecule has 4 N–H and O–H groups in total. The lowest BCUT2D eigenvalue weighted by atomic mass is 10.1. The third-order valence-electron chi connectivity index (χ3n) is 5.04. The Balaban J connectivity index is 1.61. The molecular formula is C26H30N4O6S2. The van der Waals surface area contributed by atoms with Gasteiger partial charge < -0.3 is 10.6 Å². The van der Waals surface area contributed by atoms with Crippen LogP contribution in [-0.2, 0) is 20.0 Å². The number of nitrogens with one attached hydrogen (secondary N) is 4. The van der Waals surface area contributed by atoms with Crippen LogP contribution in [0.1, 0.15) is 48.4 Å². The van der Waals surface area contributed by atoms with Crippen molar-refractivity contribution in [2.45, 2.75) is 49.6 Å². The van der Waals surface area contributed by atoms with Gasteiger partial charge in [0.1, 0.15) is 0 Å². The maximum absolute atomic E-state index is 12.6. The summed E-state index contributed by atoms with van der Waals surface area (Å²) in [4.78, 5) is 25.4. The Bertz CT molecular complexity index is 1380. The first-order chi connectivity index (χ1) is 17.8. The van der Waals surface area contributed by atoms with Crippen LogP contribution < -0.4 is 20.1 Å². The smallest absolute Gasteiger partial charge is 0.255 e. The van der Waals surface area contributed by atoms with Gasteiger partial charge in [0.2, 0.25) is 20.0 Å². The molecule has 12 heteroatoms. The largest absolute Gasteiger partial charge is 0.322 e. The molecule has 0 atom stereocenters. The number of hydrogen-bond acceptors (Lipinski definition) is 6. The van der Waals surface area contributed by atoms with Gasteiger partial charge in [0.05, 0.1) is 9.79 Å². The Morgan fingerprint density at radius 2 is 0.816 bits per heavy atom. The van der Waals surface area contributed by atoms with Gasteiger partial charge in [-0.25, -0.2) is 26.3 Å². The topological polar surface area (TPSA) is 151 Å². The normalized spacial score (nSPS) is 11.9. The molecule has 0 fully saturated rings. The zero-order chi connectivity index (χ0) is 28.1. The second-order valence-electron chi connectivity index (χ2n) is 9.09. The van der Waals surface area contributed by atoms with Gasteiger partial charge in [-0.15, -0.1) is 0 Å². The van der Waals surface area contributed by atoms with E-state index in [0.29, 0.717) is 22.5 Å². The number of hydrogen-bond donors (Lipinski definition) is 4. The molecular weight excluding hydrogens is 528 g/mol. The van der Waals surface area contributed by atoms with E-state index in [-0.39, 0.29) is 21.9 Å². The third-order valence-corrected chi connectivity index (χ3v) is 8.38. The highest BCUT2D eigenvalue weighted by Crippen LogP contribution is 2.18. The fourth-order valence-electron chi connectivity index (χ4n) is 3.37. The van der Waals surface area contributed by atoms with Crippen molar-refractivity contribution >= 4 is 43.2 Å². The first kappa shape index (κ1) is 29.0. The van der Waals surface area contributed by atoms with Crippen molar-refractivity contribution in [1.29, 1.82) is 0 Å². The quantitative estimate of drug-likeness (QED) is 0.299. The van der Waals surface area contributed by atoms with Crippen molar-refractivity contribution in [3.05, 3.63) is 83.9 Å². The van der Waals surface area contributed by atoms with Crippen LogP contribution in [-0.4, -0.2) is 40.7 Å². The highest BCUT2D eigenvalue weighted by molar-refractivity contribution is 7.89. The van der Waals surface area contributed by atoms with Gasteiger partial charge in [-0.1, -0.05) is 0 Å². The molecule has 0 aliphatic carbocycles. The lowest BCUT2D eigenvalue weighted by molar-refractivity contribution is 0.101. The van der Waals surface area contributed by atoms with E-state index in [4.69, 9.17) is 0 Å². The minimum Gasteiger partial charge on any atom is -0.322 e. The molecule has 0 unspecified atom stereocenters. The standard InChI is InChI=1S/C26H30N4O6S2/c1-17(2)29-37(33,34)23-13-9-21(10-14-23)27-25(31)19-5-7-20(8-6-19)26(32)28-22-11-15-24(16-12-22)38(35,36)30-18(3)4/h5-18,29-30H,1-4H3,(H,27,31)(H,28,32). The van der Waals surface area contributed by atoms with E-state index in [1.807, 2.05) is 0 Å². The molecule has 3 rings (SSSR count). The second-order valence-corrected chi connectivity index (χ2v) is 12.5. The van der Waals surface area contributed by atoms with Gasteiger partial charge >= 0.3 is 0 Å². The van der Waals surface area contributed by atoms with Crippen LogP contribution in [0.4, 0.5) is 11.4 Å². The maximum Gasteiger partial charge on any atom is 0.255 e. The molecule has 0 spiro atoms. The summed E-state index contributed by atoms with van der Waals surface area (Å²) < 4.78 is 53.9. The first-order valence-electron chi connectivity index (χ1n) is 11.7. The number of rotatable bonds is 10. The molecule has 3 aromatic rings. The van der Waals surface area contributed by atoms with Crippen molar-refractivity contribution in [3.63, 3.8) is 0 Å². The predicted molar refractivity (Wildman–Crippen MR) is 146 cm³/mol. The zero-order valence-electron chi connectivity index (χ0n) is 21.3. The fourth-order valence-corrected chi connectivity index (χ4v) is 5.87. The van der Waals surface area contributed by atoms with Crippen molar-refractivity contribution in [3.8, 4) is 0 Å². The molecule has 0 aliphatic heterocycles. The van der Waals surface area contributed by atoms with Gasteiger partial charge in [-0.2, -0.15) is 0 Å². The Hall–Kier alpha value is -3.58. The number of benzene rings is 3. The number of carbonyl (C=O) groups excluding carboxylic acids is 2. The predicted octanol–water partition coefficient (Wildman–Crippen LogP) is 3.56. The van der Waals surface area contributed by atoms with Crippen LogP contribution in [0, 0.1) is 0 Å². The summed E-state index contributed by atoms with van der Waals surface area (Å²) in [7, 11) is -7.27. The van der Waals surface area contributed by atoms with E-state index in [1.54, 1.807) is 27.7 Å². The molecule has 0 radical (unpaired) electrons. The molecule has 0 aromatic heterocycles. The summed E-state index contributed by atoms with van der Waals surface area (Å²) in [5.74, 6) is -0.862. The molecule has 0 heterocycles. The van der Waals surface area contributed by atoms with E-state index in [1.165, 1.54) is 72.8 Å². The SMILES string of the molecule is CC(C)NS(=O)(=O)c1ccc(NC(=O)c2ccc(C(=O)Nc3ccc(S(=O)(=O)NC(C)C)cc3)cc2)cc1. The van der Waals surface area contributed by atoms with E-state index < -0.39 is 31.9 Å². The highest BCUT2D eigenvalue weighted by atomic mass is 32.2. The molecule has 10 nitrogen and oxygen atoms in total. The average Bonchev–Trinajstić information content (AvgIpc) is 2.83. The summed E-state index contributed by atoms with van der Waals surface area (Å²) in [6.45, 7) is 6.89. The minimum absolute atomic E-state index is 0.0862. The van der Waals surface area contributed by atoms with Gasteiger partial charge in [-0.05, 0) is 100 Å². The van der Waals surface area contributed by atoms with Gasteiger partial charge in [0, 0.05) is 34.6 Å². The van der Waals surface area contributed by atoms with Gasteiger partial charge in [-0.3, -0.25) is 9.59 Å². The summed E-state index contributed by atoms with van der Waals surface area (Å²) >= 11 is 0. The van der Waals surface area contributed by atoms with Crippen LogP contribution in [0.25, 0.3) is 0 Å². The Morgan fingerprint density at radius 3 is 1.08 bits per heavy atom. The van der Waals surface area contributed by atoms with E-state index in [2.05, 4.69) is 20.1 Å². The summed E-state index contributed by atoms with van der Waals surface area (Å²) in [5.41, 5.74) is 1.42. The third kappa shape index (κ3) is 7.71. The van der Waals surface area contributed by atoms with Crippen molar-refractivity contribution in [2.75, 3.05) is 10.6 Å². The summed E-state index contributed by atoms with van der Waals surface area (Å²) in [6.07, 6.45) is 0. The molecule has 202 valence electrons. The number of anilines is 2. The molecule has 0 saturated carbocycles. The molecule has 2 amide bonds. The lowest BCUT2D eigenvalue weighted by Gasteiger charge is -2.11. The van der Waals surface area contributed by atoms with Gasteiger partial charge in [0.15, 0.2) is 0 Å². The van der Waals surface area contributed by atoms with Crippen LogP contribution in [0.3, 0.4) is 0 Å². The van der Waals surface area contributed by atoms with Crippen LogP contribution >= 0.6 is 0 Å². The summed E-state index contributed by atoms with van der Waals surface area (Å²) in [6, 6.07) is 17.0. The van der Waals surface area contributed by atoms with Crippen LogP contribution in [0.15, 0.2) is 82.6 Å². The maximum atomic E-state index is 12.6. The van der Waals surface area contributed by atoms with Crippen molar-refractivity contribution in [2.24, 2.45) is 0 Å². The van der Waals surface area contributed by atoms with Crippen LogP contribution in [0.5, 0.6) is 0 Å². The van der Waals surface area contributed by atoms with E-state index in [9.17, 15) is 26.4 Å². The average molecular weight is 559 g/mol. The fraction of sp³-hybridized carbons (Fsp3) is 0.231. The molecule has 3 aromatic carbocycles. The minimum atomic E-state index is -3.64. The number of sulfonamides is 2. The Labute approximate surface area is 223 Å². The monoisotopic (exact) mass is 558 g/mol. The highest BCUT2D eigenvalue weighted by Gasteiger charge is 2.17. The number of carbonyl (C=O) groups is 2. The lowest BCUT2D eigenvalue weighted by Crippen LogP contribution is -2.30. The Kier molecular flexibility index (Phi) is 9.05. The molecule has 0 saturated heterocycles. The number of amides is 2. The molecule has 0 aliphatic rings. The molecule has 38 heavy (non-hydrogen) atoms. The first-order valence-corrected chi connectivity index (χ1v) is 14.7. The summed E-state index contributed by atoms with van der Waals surface area (Å²) in [5, 5.41) is 5.37. The van der Waals surface area contributed by atoms with Crippen LogP contribution in [0.2, 0.25) is 0 Å². The van der Waals surface area contributed by atoms with Crippen molar-refractivity contribution in [1.82, 2.24) is 9.44 Å². The molecule has 0 bridgehead atoms.